The molecule has 0 atom stereocenters. The van der Waals surface area contributed by atoms with Crippen LogP contribution in [0.2, 0.25) is 0 Å². The van der Waals surface area contributed by atoms with E-state index in [-0.39, 0.29) is 12.6 Å². The van der Waals surface area contributed by atoms with E-state index in [0.29, 0.717) is 30.1 Å². The number of hydrogen-bond donors (Lipinski definition) is 0. The molecule has 1 aromatic rings. The Hall–Kier alpha value is -1.55. The molecule has 1 heterocycles. The zero-order valence-electron chi connectivity index (χ0n) is 10.1. The Bertz CT molecular complexity index is 426. The van der Waals surface area contributed by atoms with Crippen molar-refractivity contribution in [1.82, 2.24) is 0 Å². The smallest absolute Gasteiger partial charge is 0.231 e. The van der Waals surface area contributed by atoms with Gasteiger partial charge in [0.25, 0.3) is 0 Å². The van der Waals surface area contributed by atoms with Gasteiger partial charge in [0.1, 0.15) is 0 Å². The Morgan fingerprint density at radius 2 is 2.24 bits per heavy atom. The predicted molar refractivity (Wildman–Crippen MR) is 62.5 cm³/mol. The molecule has 0 unspecified atom stereocenters. The first-order valence-corrected chi connectivity index (χ1v) is 5.71. The molecule has 0 bridgehead atoms. The average molecular weight is 236 g/mol. The molecule has 4 nitrogen and oxygen atoms in total. The van der Waals surface area contributed by atoms with Crippen LogP contribution in [-0.4, -0.2) is 19.7 Å². The minimum Gasteiger partial charge on any atom is -0.454 e. The highest BCUT2D eigenvalue weighted by molar-refractivity contribution is 5.98. The second kappa shape index (κ2) is 5.19. The highest BCUT2D eigenvalue weighted by Gasteiger charge is 2.23. The third-order valence-electron chi connectivity index (χ3n) is 2.71. The van der Waals surface area contributed by atoms with Crippen molar-refractivity contribution >= 4 is 5.78 Å². The van der Waals surface area contributed by atoms with Crippen LogP contribution in [0.15, 0.2) is 12.1 Å². The van der Waals surface area contributed by atoms with E-state index in [9.17, 15) is 4.79 Å². The molecular weight excluding hydrogens is 220 g/mol. The first-order chi connectivity index (χ1) is 8.27. The molecule has 1 aliphatic rings. The standard InChI is InChI=1S/C13H16O4/c1-3-4-11(14)9-5-6-12-13(17-8-16-12)10(9)7-15-2/h5-6H,3-4,7-8H2,1-2H3. The van der Waals surface area contributed by atoms with Crippen molar-refractivity contribution in [2.75, 3.05) is 13.9 Å². The summed E-state index contributed by atoms with van der Waals surface area (Å²) in [4.78, 5) is 12.0. The molecular formula is C13H16O4. The summed E-state index contributed by atoms with van der Waals surface area (Å²) >= 11 is 0. The summed E-state index contributed by atoms with van der Waals surface area (Å²) in [6, 6.07) is 3.57. The maximum absolute atomic E-state index is 12.0. The van der Waals surface area contributed by atoms with Crippen LogP contribution < -0.4 is 9.47 Å². The molecule has 0 N–H and O–H groups in total. The van der Waals surface area contributed by atoms with E-state index in [1.165, 1.54) is 0 Å². The van der Waals surface area contributed by atoms with Crippen molar-refractivity contribution in [3.8, 4) is 11.5 Å². The van der Waals surface area contributed by atoms with Crippen LogP contribution in [0.1, 0.15) is 35.7 Å². The van der Waals surface area contributed by atoms with E-state index in [4.69, 9.17) is 14.2 Å². The minimum atomic E-state index is 0.123. The van der Waals surface area contributed by atoms with Crippen molar-refractivity contribution in [3.05, 3.63) is 23.3 Å². The van der Waals surface area contributed by atoms with Crippen LogP contribution in [0.25, 0.3) is 0 Å². The van der Waals surface area contributed by atoms with E-state index in [2.05, 4.69) is 0 Å². The van der Waals surface area contributed by atoms with Crippen LogP contribution in [0.4, 0.5) is 0 Å². The molecule has 4 heteroatoms. The summed E-state index contributed by atoms with van der Waals surface area (Å²) < 4.78 is 15.8. The van der Waals surface area contributed by atoms with Gasteiger partial charge in [0.05, 0.1) is 6.61 Å². The number of hydrogen-bond acceptors (Lipinski definition) is 4. The number of rotatable bonds is 5. The van der Waals surface area contributed by atoms with Gasteiger partial charge in [-0.05, 0) is 18.6 Å². The predicted octanol–water partition coefficient (Wildman–Crippen LogP) is 2.54. The Labute approximate surface area is 100 Å². The largest absolute Gasteiger partial charge is 0.454 e. The number of methoxy groups -OCH3 is 1. The van der Waals surface area contributed by atoms with Gasteiger partial charge in [-0.25, -0.2) is 0 Å². The molecule has 1 aromatic carbocycles. The molecule has 0 radical (unpaired) electrons. The highest BCUT2D eigenvalue weighted by Crippen LogP contribution is 2.38. The molecule has 2 rings (SSSR count). The summed E-state index contributed by atoms with van der Waals surface area (Å²) in [7, 11) is 1.60. The van der Waals surface area contributed by atoms with Crippen LogP contribution in [-0.2, 0) is 11.3 Å². The maximum atomic E-state index is 12.0. The van der Waals surface area contributed by atoms with Gasteiger partial charge in [0.15, 0.2) is 17.3 Å². The third kappa shape index (κ3) is 2.26. The molecule has 0 amide bonds. The van der Waals surface area contributed by atoms with Crippen LogP contribution in [0.3, 0.4) is 0 Å². The van der Waals surface area contributed by atoms with Crippen molar-refractivity contribution in [2.24, 2.45) is 0 Å². The molecule has 0 aliphatic carbocycles. The van der Waals surface area contributed by atoms with Gasteiger partial charge in [0.2, 0.25) is 6.79 Å². The second-order valence-corrected chi connectivity index (χ2v) is 3.93. The number of Topliss-reactive ketones (excluding diaryl/α,β-unsaturated/α-hetero) is 1. The van der Waals surface area contributed by atoms with Gasteiger partial charge >= 0.3 is 0 Å². The number of fused-ring (bicyclic) bond motifs is 1. The van der Waals surface area contributed by atoms with Gasteiger partial charge in [-0.15, -0.1) is 0 Å². The number of ketones is 1. The van der Waals surface area contributed by atoms with Gasteiger partial charge in [-0.2, -0.15) is 0 Å². The normalized spacial score (nSPS) is 12.8. The van der Waals surface area contributed by atoms with Crippen molar-refractivity contribution in [3.63, 3.8) is 0 Å². The SMILES string of the molecule is CCCC(=O)c1ccc2c(c1COC)OCO2. The Morgan fingerprint density at radius 3 is 2.94 bits per heavy atom. The molecule has 0 saturated heterocycles. The number of ether oxygens (including phenoxy) is 3. The lowest BCUT2D eigenvalue weighted by Crippen LogP contribution is -2.05. The van der Waals surface area contributed by atoms with Crippen LogP contribution in [0.5, 0.6) is 11.5 Å². The lowest BCUT2D eigenvalue weighted by molar-refractivity contribution is 0.0975. The van der Waals surface area contributed by atoms with E-state index < -0.39 is 0 Å². The molecule has 0 spiro atoms. The van der Waals surface area contributed by atoms with E-state index in [1.54, 1.807) is 19.2 Å². The summed E-state index contributed by atoms with van der Waals surface area (Å²) in [5.41, 5.74) is 1.47. The maximum Gasteiger partial charge on any atom is 0.231 e. The fourth-order valence-corrected chi connectivity index (χ4v) is 1.94. The first kappa shape index (κ1) is 11.9. The Kier molecular flexibility index (Phi) is 3.64. The molecule has 0 fully saturated rings. The highest BCUT2D eigenvalue weighted by atomic mass is 16.7. The summed E-state index contributed by atoms with van der Waals surface area (Å²) in [5.74, 6) is 1.46. The van der Waals surface area contributed by atoms with Gasteiger partial charge < -0.3 is 14.2 Å². The fraction of sp³-hybridized carbons (Fsp3) is 0.462. The lowest BCUT2D eigenvalue weighted by atomic mass is 10.00. The fourth-order valence-electron chi connectivity index (χ4n) is 1.94. The quantitative estimate of drug-likeness (QED) is 0.737. The molecule has 0 aromatic heterocycles. The Balaban J connectivity index is 2.41. The molecule has 17 heavy (non-hydrogen) atoms. The van der Waals surface area contributed by atoms with Crippen LogP contribution >= 0.6 is 0 Å². The first-order valence-electron chi connectivity index (χ1n) is 5.71. The molecule has 0 saturated carbocycles. The number of carbonyl (C=O) groups is 1. The summed E-state index contributed by atoms with van der Waals surface area (Å²) in [6.07, 6.45) is 1.37. The number of benzene rings is 1. The minimum absolute atomic E-state index is 0.123. The van der Waals surface area contributed by atoms with Crippen molar-refractivity contribution in [1.29, 1.82) is 0 Å². The summed E-state index contributed by atoms with van der Waals surface area (Å²) in [5, 5.41) is 0. The van der Waals surface area contributed by atoms with Gasteiger partial charge in [0, 0.05) is 24.7 Å². The third-order valence-corrected chi connectivity index (χ3v) is 2.71. The zero-order chi connectivity index (χ0) is 12.3. The zero-order valence-corrected chi connectivity index (χ0v) is 10.1. The van der Waals surface area contributed by atoms with Gasteiger partial charge in [-0.3, -0.25) is 4.79 Å². The summed E-state index contributed by atoms with van der Waals surface area (Å²) in [6.45, 7) is 2.55. The van der Waals surface area contributed by atoms with Crippen molar-refractivity contribution < 1.29 is 19.0 Å². The number of carbonyl (C=O) groups excluding carboxylic acids is 1. The van der Waals surface area contributed by atoms with Crippen molar-refractivity contribution in [2.45, 2.75) is 26.4 Å². The Morgan fingerprint density at radius 1 is 1.41 bits per heavy atom. The van der Waals surface area contributed by atoms with E-state index >= 15 is 0 Å². The topological polar surface area (TPSA) is 44.8 Å². The van der Waals surface area contributed by atoms with E-state index in [0.717, 1.165) is 12.0 Å². The van der Waals surface area contributed by atoms with Crippen LogP contribution in [0, 0.1) is 0 Å². The van der Waals surface area contributed by atoms with E-state index in [1.807, 2.05) is 6.92 Å². The lowest BCUT2D eigenvalue weighted by Gasteiger charge is -2.10. The monoisotopic (exact) mass is 236 g/mol. The molecule has 1 aliphatic heterocycles. The van der Waals surface area contributed by atoms with Gasteiger partial charge in [-0.1, -0.05) is 6.92 Å². The molecule has 92 valence electrons. The second-order valence-electron chi connectivity index (χ2n) is 3.93. The average Bonchev–Trinajstić information content (AvgIpc) is 2.78.